The Labute approximate surface area is 269 Å². The number of carbonyl (C=O) groups excluding carboxylic acids is 3. The van der Waals surface area contributed by atoms with E-state index in [0.29, 0.717) is 28.4 Å². The predicted octanol–water partition coefficient (Wildman–Crippen LogP) is 3.26. The van der Waals surface area contributed by atoms with Crippen LogP contribution in [0.25, 0.3) is 11.4 Å². The van der Waals surface area contributed by atoms with Crippen LogP contribution >= 0.6 is 8.25 Å². The van der Waals surface area contributed by atoms with E-state index in [4.69, 9.17) is 19.0 Å². The number of pyridine rings is 1. The van der Waals surface area contributed by atoms with Crippen molar-refractivity contribution in [3.63, 3.8) is 0 Å². The Kier molecular flexibility index (Phi) is 10.5. The first-order valence-corrected chi connectivity index (χ1v) is 15.4. The van der Waals surface area contributed by atoms with Crippen LogP contribution in [0.3, 0.4) is 0 Å². The largest absolute Gasteiger partial charge is 0.697 e. The maximum Gasteiger partial charge on any atom is 0.697 e. The lowest BCUT2D eigenvalue weighted by Crippen LogP contribution is -2.29. The van der Waals surface area contributed by atoms with E-state index in [2.05, 4.69) is 30.6 Å². The van der Waals surface area contributed by atoms with Crippen molar-refractivity contribution in [3.05, 3.63) is 76.8 Å². The van der Waals surface area contributed by atoms with E-state index in [1.54, 1.807) is 37.4 Å². The van der Waals surface area contributed by atoms with Gasteiger partial charge in [-0.3, -0.25) is 14.2 Å². The normalized spacial score (nSPS) is 13.2. The Bertz CT molecular complexity index is 1890. The van der Waals surface area contributed by atoms with Gasteiger partial charge in [-0.2, -0.15) is 4.80 Å². The summed E-state index contributed by atoms with van der Waals surface area (Å²) < 4.78 is 33.7. The molecule has 1 fully saturated rings. The Morgan fingerprint density at radius 1 is 1.11 bits per heavy atom. The van der Waals surface area contributed by atoms with Crippen LogP contribution in [0.15, 0.2) is 59.7 Å². The molecular formula is C30H32N8O8P+. The number of aromatic nitrogens is 5. The minimum atomic E-state index is -2.23. The van der Waals surface area contributed by atoms with Crippen LogP contribution in [0.1, 0.15) is 39.1 Å². The third-order valence-corrected chi connectivity index (χ3v) is 7.65. The SMILES string of the molecule is CNC(=O)c1cn(COC(=O)c2ccc(CO[P+](=O)OC)cc2)c(NC(=O)C2CC2)cc1=Nc1cccc(-c2nnn(C)n2)c1OC. The monoisotopic (exact) mass is 663 g/mol. The molecule has 2 heterocycles. The minimum Gasteiger partial charge on any atom is -0.494 e. The maximum absolute atomic E-state index is 13.1. The third-order valence-electron chi connectivity index (χ3n) is 7.01. The van der Waals surface area contributed by atoms with Crippen molar-refractivity contribution in [1.82, 2.24) is 30.1 Å². The van der Waals surface area contributed by atoms with Crippen molar-refractivity contribution in [2.24, 2.45) is 18.0 Å². The first-order chi connectivity index (χ1) is 22.7. The Morgan fingerprint density at radius 2 is 1.87 bits per heavy atom. The van der Waals surface area contributed by atoms with E-state index < -0.39 is 20.1 Å². The molecule has 2 N–H and O–H groups in total. The molecule has 0 radical (unpaired) electrons. The van der Waals surface area contributed by atoms with E-state index in [-0.39, 0.29) is 47.5 Å². The number of para-hydroxylation sites is 1. The number of nitrogens with one attached hydrogen (secondary N) is 2. The van der Waals surface area contributed by atoms with Gasteiger partial charge in [0, 0.05) is 29.8 Å². The van der Waals surface area contributed by atoms with Gasteiger partial charge in [0.1, 0.15) is 18.1 Å². The molecule has 1 unspecified atom stereocenters. The number of tetrazole rings is 1. The molecular weight excluding hydrogens is 631 g/mol. The average molecular weight is 664 g/mol. The molecule has 244 valence electrons. The summed E-state index contributed by atoms with van der Waals surface area (Å²) in [5.41, 5.74) is 1.96. The number of methoxy groups -OCH3 is 1. The molecule has 2 aromatic carbocycles. The van der Waals surface area contributed by atoms with Crippen LogP contribution in [-0.4, -0.2) is 63.8 Å². The number of carbonyl (C=O) groups is 3. The molecule has 47 heavy (non-hydrogen) atoms. The van der Waals surface area contributed by atoms with Crippen LogP contribution < -0.4 is 20.7 Å². The van der Waals surface area contributed by atoms with E-state index in [1.165, 1.54) is 55.0 Å². The number of amides is 2. The van der Waals surface area contributed by atoms with Crippen LogP contribution in [0.2, 0.25) is 0 Å². The van der Waals surface area contributed by atoms with Gasteiger partial charge in [-0.15, -0.1) is 19.2 Å². The molecule has 16 nitrogen and oxygen atoms in total. The molecule has 0 bridgehead atoms. The van der Waals surface area contributed by atoms with E-state index >= 15 is 0 Å². The smallest absolute Gasteiger partial charge is 0.494 e. The van der Waals surface area contributed by atoms with Gasteiger partial charge in [-0.05, 0) is 47.9 Å². The van der Waals surface area contributed by atoms with Crippen LogP contribution in [0, 0.1) is 5.92 Å². The molecule has 1 aliphatic carbocycles. The van der Waals surface area contributed by atoms with Gasteiger partial charge in [0.2, 0.25) is 11.7 Å². The average Bonchev–Trinajstić information content (AvgIpc) is 3.86. The fourth-order valence-corrected chi connectivity index (χ4v) is 4.79. The molecule has 0 saturated heterocycles. The van der Waals surface area contributed by atoms with E-state index in [0.717, 1.165) is 12.8 Å². The number of aryl methyl sites for hydroxylation is 1. The molecule has 17 heteroatoms. The zero-order chi connectivity index (χ0) is 33.5. The summed E-state index contributed by atoms with van der Waals surface area (Å²) in [4.78, 5) is 45.0. The van der Waals surface area contributed by atoms with Crippen molar-refractivity contribution in [2.45, 2.75) is 26.2 Å². The second kappa shape index (κ2) is 14.9. The van der Waals surface area contributed by atoms with Crippen molar-refractivity contribution >= 4 is 37.5 Å². The molecule has 0 aliphatic heterocycles. The lowest BCUT2D eigenvalue weighted by Gasteiger charge is -2.17. The van der Waals surface area contributed by atoms with E-state index in [1.807, 2.05) is 0 Å². The summed E-state index contributed by atoms with van der Waals surface area (Å²) in [6.45, 7) is -0.301. The molecule has 2 aromatic heterocycles. The lowest BCUT2D eigenvalue weighted by molar-refractivity contribution is -0.117. The zero-order valence-electron chi connectivity index (χ0n) is 26.0. The van der Waals surface area contributed by atoms with Crippen molar-refractivity contribution in [2.75, 3.05) is 26.6 Å². The molecule has 2 amide bonds. The highest BCUT2D eigenvalue weighted by molar-refractivity contribution is 7.33. The van der Waals surface area contributed by atoms with Gasteiger partial charge in [-0.1, -0.05) is 18.2 Å². The minimum absolute atomic E-state index is 0.0331. The van der Waals surface area contributed by atoms with E-state index in [9.17, 15) is 18.9 Å². The number of hydrogen-bond acceptors (Lipinski definition) is 12. The fraction of sp³-hybridized carbons (Fsp3) is 0.300. The van der Waals surface area contributed by atoms with Gasteiger partial charge in [-0.25, -0.2) is 9.79 Å². The number of ether oxygens (including phenoxy) is 2. The summed E-state index contributed by atoms with van der Waals surface area (Å²) in [5, 5.41) is 17.9. The van der Waals surface area contributed by atoms with Gasteiger partial charge in [0.25, 0.3) is 5.91 Å². The number of benzene rings is 2. The van der Waals surface area contributed by atoms with Crippen molar-refractivity contribution < 1.29 is 37.5 Å². The second-order valence-corrected chi connectivity index (χ2v) is 11.4. The highest BCUT2D eigenvalue weighted by atomic mass is 31.1. The Morgan fingerprint density at radius 3 is 2.51 bits per heavy atom. The van der Waals surface area contributed by atoms with Crippen molar-refractivity contribution in [3.8, 4) is 17.1 Å². The quantitative estimate of drug-likeness (QED) is 0.158. The highest BCUT2D eigenvalue weighted by Crippen LogP contribution is 2.36. The topological polar surface area (TPSA) is 190 Å². The fourth-order valence-electron chi connectivity index (χ4n) is 4.43. The zero-order valence-corrected chi connectivity index (χ0v) is 26.9. The van der Waals surface area contributed by atoms with Gasteiger partial charge < -0.3 is 20.1 Å². The maximum atomic E-state index is 13.1. The highest BCUT2D eigenvalue weighted by Gasteiger charge is 2.30. The number of esters is 1. The summed E-state index contributed by atoms with van der Waals surface area (Å²) >= 11 is 0. The molecule has 1 atom stereocenters. The van der Waals surface area contributed by atoms with Crippen molar-refractivity contribution in [1.29, 1.82) is 0 Å². The molecule has 1 saturated carbocycles. The molecule has 4 aromatic rings. The Hall–Kier alpha value is -5.31. The number of nitrogens with zero attached hydrogens (tertiary/aromatic N) is 6. The van der Waals surface area contributed by atoms with Gasteiger partial charge in [0.05, 0.1) is 43.3 Å². The van der Waals surface area contributed by atoms with Crippen LogP contribution in [-0.2, 0) is 43.5 Å². The Balaban J connectivity index is 1.49. The summed E-state index contributed by atoms with van der Waals surface area (Å²) in [7, 11) is 3.64. The summed E-state index contributed by atoms with van der Waals surface area (Å²) in [6.07, 6.45) is 2.97. The standard InChI is InChI=1S/C30H31N8O8P/c1-31-29(40)22-15-38(17-45-30(41)20-10-8-18(9-11-20)16-46-47(42)44-4)25(33-28(39)19-12-13-19)14-24(22)32-23-7-5-6-21(26(23)43-3)27-34-36-37(2)35-27/h5-11,14-15,19H,12-13,16-17H2,1-4H3,(H-,31,32,33,39,40)/p+1. The first kappa shape index (κ1) is 33.1. The first-order valence-electron chi connectivity index (χ1n) is 14.3. The molecule has 5 rings (SSSR count). The molecule has 1 aliphatic rings. The number of rotatable bonds is 13. The number of anilines is 1. The second-order valence-electron chi connectivity index (χ2n) is 10.3. The summed E-state index contributed by atoms with van der Waals surface area (Å²) in [6, 6.07) is 13.1. The van der Waals surface area contributed by atoms with Gasteiger partial charge in [0.15, 0.2) is 12.5 Å². The predicted molar refractivity (Wildman–Crippen MR) is 166 cm³/mol. The van der Waals surface area contributed by atoms with Crippen LogP contribution in [0.5, 0.6) is 5.75 Å². The third kappa shape index (κ3) is 8.10. The molecule has 0 spiro atoms. The summed E-state index contributed by atoms with van der Waals surface area (Å²) in [5.74, 6) is -0.529. The van der Waals surface area contributed by atoms with Crippen LogP contribution in [0.4, 0.5) is 11.5 Å². The number of hydrogen-bond donors (Lipinski definition) is 2. The lowest BCUT2D eigenvalue weighted by atomic mass is 10.1. The van der Waals surface area contributed by atoms with Gasteiger partial charge >= 0.3 is 14.2 Å².